The molecule has 9 heteroatoms. The minimum Gasteiger partial charge on any atom is -0.494 e. The molecule has 0 N–H and O–H groups in total. The molecule has 1 amide bonds. The van der Waals surface area contributed by atoms with Crippen LogP contribution in [0.5, 0.6) is 5.75 Å². The molecule has 0 atom stereocenters. The number of carbonyl (C=O) groups excluding carboxylic acids is 1. The molecular weight excluding hydrogens is 545 g/mol. The third-order valence-corrected chi connectivity index (χ3v) is 7.65. The molecular formula is C31H27Cl2N5O2. The van der Waals surface area contributed by atoms with Gasteiger partial charge in [0.1, 0.15) is 17.9 Å². The van der Waals surface area contributed by atoms with Crippen molar-refractivity contribution in [2.45, 2.75) is 6.92 Å². The molecule has 202 valence electrons. The van der Waals surface area contributed by atoms with Crippen LogP contribution in [0, 0.1) is 0 Å². The predicted molar refractivity (Wildman–Crippen MR) is 160 cm³/mol. The normalized spacial score (nSPS) is 13.6. The molecule has 5 aromatic rings. The molecule has 0 unspecified atom stereocenters. The molecule has 2 aromatic heterocycles. The van der Waals surface area contributed by atoms with E-state index in [0.717, 1.165) is 39.4 Å². The Morgan fingerprint density at radius 1 is 0.925 bits per heavy atom. The molecule has 1 saturated heterocycles. The lowest BCUT2D eigenvalue weighted by Gasteiger charge is -2.36. The van der Waals surface area contributed by atoms with Gasteiger partial charge in [0, 0.05) is 48.6 Å². The number of hydrogen-bond donors (Lipinski definition) is 0. The van der Waals surface area contributed by atoms with E-state index in [2.05, 4.69) is 27.8 Å². The Balaban J connectivity index is 1.35. The summed E-state index contributed by atoms with van der Waals surface area (Å²) < 4.78 is 7.74. The summed E-state index contributed by atoms with van der Waals surface area (Å²) in [6, 6.07) is 23.3. The predicted octanol–water partition coefficient (Wildman–Crippen LogP) is 6.76. The van der Waals surface area contributed by atoms with E-state index in [4.69, 9.17) is 37.9 Å². The summed E-state index contributed by atoms with van der Waals surface area (Å²) in [5, 5.41) is 1.84. The zero-order valence-electron chi connectivity index (χ0n) is 21.9. The first-order valence-corrected chi connectivity index (χ1v) is 13.9. The maximum atomic E-state index is 13.2. The van der Waals surface area contributed by atoms with E-state index in [1.165, 1.54) is 0 Å². The molecule has 0 saturated carbocycles. The van der Waals surface area contributed by atoms with Crippen molar-refractivity contribution in [3.8, 4) is 22.6 Å². The summed E-state index contributed by atoms with van der Waals surface area (Å²) >= 11 is 12.3. The van der Waals surface area contributed by atoms with Crippen LogP contribution in [0.2, 0.25) is 10.0 Å². The molecule has 3 aromatic carbocycles. The molecule has 0 spiro atoms. The highest BCUT2D eigenvalue weighted by Crippen LogP contribution is 2.37. The third kappa shape index (κ3) is 4.98. The van der Waals surface area contributed by atoms with Crippen LogP contribution in [-0.2, 0) is 0 Å². The number of carbonyl (C=O) groups is 1. The molecule has 1 aliphatic heterocycles. The van der Waals surface area contributed by atoms with Gasteiger partial charge in [-0.15, -0.1) is 0 Å². The summed E-state index contributed by atoms with van der Waals surface area (Å²) in [4.78, 5) is 26.7. The smallest absolute Gasteiger partial charge is 0.255 e. The molecule has 0 aliphatic carbocycles. The number of hydrogen-bond acceptors (Lipinski definition) is 5. The second kappa shape index (κ2) is 11.2. The van der Waals surface area contributed by atoms with Crippen molar-refractivity contribution in [3.63, 3.8) is 0 Å². The average Bonchev–Trinajstić information content (AvgIpc) is 3.38. The zero-order valence-corrected chi connectivity index (χ0v) is 23.4. The molecule has 0 bridgehead atoms. The fourth-order valence-corrected chi connectivity index (χ4v) is 5.63. The number of benzene rings is 3. The van der Waals surface area contributed by atoms with E-state index in [1.54, 1.807) is 24.5 Å². The van der Waals surface area contributed by atoms with Gasteiger partial charge in [-0.1, -0.05) is 53.5 Å². The van der Waals surface area contributed by atoms with E-state index in [9.17, 15) is 4.79 Å². The quantitative estimate of drug-likeness (QED) is 0.225. The van der Waals surface area contributed by atoms with E-state index in [0.29, 0.717) is 48.4 Å². The van der Waals surface area contributed by atoms with Crippen molar-refractivity contribution >= 4 is 46.0 Å². The largest absolute Gasteiger partial charge is 0.494 e. The second-order valence-electron chi connectivity index (χ2n) is 9.51. The highest BCUT2D eigenvalue weighted by molar-refractivity contribution is 6.36. The minimum atomic E-state index is -0.0965. The Morgan fingerprint density at radius 3 is 2.38 bits per heavy atom. The fraction of sp³-hybridized carbons (Fsp3) is 0.194. The van der Waals surface area contributed by atoms with Gasteiger partial charge in [0.25, 0.3) is 5.91 Å². The van der Waals surface area contributed by atoms with Crippen molar-refractivity contribution in [2.75, 3.05) is 37.7 Å². The van der Waals surface area contributed by atoms with Gasteiger partial charge in [-0.2, -0.15) is 0 Å². The maximum absolute atomic E-state index is 13.2. The van der Waals surface area contributed by atoms with Crippen LogP contribution < -0.4 is 9.64 Å². The number of halogens is 2. The van der Waals surface area contributed by atoms with Crippen molar-refractivity contribution in [1.29, 1.82) is 0 Å². The van der Waals surface area contributed by atoms with Crippen LogP contribution >= 0.6 is 23.2 Å². The lowest BCUT2D eigenvalue weighted by molar-refractivity contribution is 0.0747. The van der Waals surface area contributed by atoms with Gasteiger partial charge in [-0.3, -0.25) is 4.79 Å². The molecule has 7 nitrogen and oxygen atoms in total. The topological polar surface area (TPSA) is 63.5 Å². The van der Waals surface area contributed by atoms with Crippen LogP contribution in [0.4, 0.5) is 5.82 Å². The summed E-state index contributed by atoms with van der Waals surface area (Å²) in [6.45, 7) is 4.94. The van der Waals surface area contributed by atoms with Crippen molar-refractivity contribution < 1.29 is 9.53 Å². The fourth-order valence-electron chi connectivity index (χ4n) is 5.14. The van der Waals surface area contributed by atoms with Crippen molar-refractivity contribution in [3.05, 3.63) is 101 Å². The van der Waals surface area contributed by atoms with Crippen LogP contribution in [0.3, 0.4) is 0 Å². The Bertz CT molecular complexity index is 1660. The number of ether oxygens (including phenoxy) is 1. The first-order valence-electron chi connectivity index (χ1n) is 13.2. The monoisotopic (exact) mass is 571 g/mol. The van der Waals surface area contributed by atoms with E-state index in [-0.39, 0.29) is 5.91 Å². The van der Waals surface area contributed by atoms with E-state index < -0.39 is 0 Å². The van der Waals surface area contributed by atoms with Crippen LogP contribution in [0.25, 0.3) is 27.8 Å². The number of amides is 1. The maximum Gasteiger partial charge on any atom is 0.255 e. The number of rotatable bonds is 6. The standard InChI is InChI=1S/C31H27Cl2N5O2/c1-2-40-24-11-9-23(10-12-24)38-19-26(21-6-4-3-5-7-21)28-29(34-20-35-30(28)38)36-14-16-37(17-15-36)31(39)25-13-8-22(32)18-27(25)33/h3-13,18-20H,2,14-17H2,1H3. The average molecular weight is 572 g/mol. The Morgan fingerprint density at radius 2 is 1.68 bits per heavy atom. The molecule has 1 aliphatic rings. The SMILES string of the molecule is CCOc1ccc(-n2cc(-c3ccccc3)c3c(N4CCN(C(=O)c5ccc(Cl)cc5Cl)CC4)ncnc32)cc1. The van der Waals surface area contributed by atoms with E-state index in [1.807, 2.05) is 54.3 Å². The molecule has 40 heavy (non-hydrogen) atoms. The van der Waals surface area contributed by atoms with Crippen molar-refractivity contribution in [1.82, 2.24) is 19.4 Å². The second-order valence-corrected chi connectivity index (χ2v) is 10.3. The van der Waals surface area contributed by atoms with Gasteiger partial charge in [-0.25, -0.2) is 9.97 Å². The summed E-state index contributed by atoms with van der Waals surface area (Å²) in [5.41, 5.74) is 4.39. The molecule has 0 radical (unpaired) electrons. The first-order chi connectivity index (χ1) is 19.5. The molecule has 6 rings (SSSR count). The van der Waals surface area contributed by atoms with E-state index >= 15 is 0 Å². The highest BCUT2D eigenvalue weighted by Gasteiger charge is 2.27. The number of piperazine rings is 1. The van der Waals surface area contributed by atoms with Crippen molar-refractivity contribution in [2.24, 2.45) is 0 Å². The van der Waals surface area contributed by atoms with Gasteiger partial charge in [0.05, 0.1) is 22.6 Å². The number of aromatic nitrogens is 3. The third-order valence-electron chi connectivity index (χ3n) is 7.10. The van der Waals surface area contributed by atoms with Gasteiger partial charge in [-0.05, 0) is 55.0 Å². The zero-order chi connectivity index (χ0) is 27.6. The lowest BCUT2D eigenvalue weighted by Crippen LogP contribution is -2.49. The summed E-state index contributed by atoms with van der Waals surface area (Å²) in [6.07, 6.45) is 3.73. The summed E-state index contributed by atoms with van der Waals surface area (Å²) in [7, 11) is 0. The van der Waals surface area contributed by atoms with Crippen LogP contribution in [0.1, 0.15) is 17.3 Å². The summed E-state index contributed by atoms with van der Waals surface area (Å²) in [5.74, 6) is 1.58. The molecule has 1 fully saturated rings. The Labute approximate surface area is 242 Å². The Hall–Kier alpha value is -4.07. The number of fused-ring (bicyclic) bond motifs is 1. The van der Waals surface area contributed by atoms with Gasteiger partial charge in [0.15, 0.2) is 5.65 Å². The number of anilines is 1. The van der Waals surface area contributed by atoms with Crippen LogP contribution in [-0.4, -0.2) is 58.1 Å². The lowest BCUT2D eigenvalue weighted by atomic mass is 10.1. The van der Waals surface area contributed by atoms with Gasteiger partial charge < -0.3 is 19.1 Å². The highest BCUT2D eigenvalue weighted by atomic mass is 35.5. The number of nitrogens with zero attached hydrogens (tertiary/aromatic N) is 5. The van der Waals surface area contributed by atoms with Gasteiger partial charge >= 0.3 is 0 Å². The Kier molecular flexibility index (Phi) is 7.32. The van der Waals surface area contributed by atoms with Gasteiger partial charge in [0.2, 0.25) is 0 Å². The molecule has 3 heterocycles. The van der Waals surface area contributed by atoms with Crippen LogP contribution in [0.15, 0.2) is 85.3 Å². The minimum absolute atomic E-state index is 0.0965. The first kappa shape index (κ1) is 26.2.